The number of amidine groups is 1. The minimum absolute atomic E-state index is 0.0488. The average molecular weight is 340 g/mol. The first-order valence-corrected chi connectivity index (χ1v) is 9.55. The van der Waals surface area contributed by atoms with Gasteiger partial charge in [0.15, 0.2) is 12.8 Å². The van der Waals surface area contributed by atoms with Crippen LogP contribution in [0, 0.1) is 0 Å². The summed E-state index contributed by atoms with van der Waals surface area (Å²) in [5.41, 5.74) is 0. The number of rotatable bonds is 14. The van der Waals surface area contributed by atoms with Crippen molar-refractivity contribution < 1.29 is 19.5 Å². The first-order chi connectivity index (χ1) is 11.5. The molecule has 2 atom stereocenters. The third kappa shape index (κ3) is 6.73. The minimum Gasteiger partial charge on any atom is -0.477 e. The molecule has 0 fully saturated rings. The zero-order chi connectivity index (χ0) is 17.8. The maximum Gasteiger partial charge on any atom is 0.360 e. The van der Waals surface area contributed by atoms with Gasteiger partial charge in [-0.05, 0) is 6.42 Å². The molecule has 0 radical (unpaired) electrons. The van der Waals surface area contributed by atoms with Crippen LogP contribution in [0.4, 0.5) is 0 Å². The van der Waals surface area contributed by atoms with E-state index in [-0.39, 0.29) is 11.0 Å². The molecule has 5 nitrogen and oxygen atoms in total. The van der Waals surface area contributed by atoms with Gasteiger partial charge in [0.25, 0.3) is 0 Å². The van der Waals surface area contributed by atoms with Gasteiger partial charge in [-0.15, -0.1) is 0 Å². The summed E-state index contributed by atoms with van der Waals surface area (Å²) in [6, 6.07) is 0. The van der Waals surface area contributed by atoms with Crippen LogP contribution in [0.25, 0.3) is 0 Å². The topological polar surface area (TPSA) is 69.9 Å². The fourth-order valence-electron chi connectivity index (χ4n) is 3.32. The van der Waals surface area contributed by atoms with E-state index in [1.54, 1.807) is 19.3 Å². The molecule has 24 heavy (non-hydrogen) atoms. The van der Waals surface area contributed by atoms with Crippen LogP contribution in [-0.4, -0.2) is 39.3 Å². The largest absolute Gasteiger partial charge is 0.477 e. The average Bonchev–Trinajstić information content (AvgIpc) is 2.92. The Hall–Kier alpha value is -1.20. The SMILES string of the molecule is CCCCCCCCCCCCC1=NC=C[N+]1(CC(=O)O)C(C)O. The molecule has 2 N–H and O–H groups in total. The van der Waals surface area contributed by atoms with Gasteiger partial charge in [-0.25, -0.2) is 14.3 Å². The van der Waals surface area contributed by atoms with E-state index in [1.165, 1.54) is 51.4 Å². The van der Waals surface area contributed by atoms with Crippen LogP contribution in [0.5, 0.6) is 0 Å². The third-order valence-corrected chi connectivity index (χ3v) is 4.85. The van der Waals surface area contributed by atoms with Crippen LogP contribution >= 0.6 is 0 Å². The summed E-state index contributed by atoms with van der Waals surface area (Å²) < 4.78 is -0.0488. The monoisotopic (exact) mass is 339 g/mol. The third-order valence-electron chi connectivity index (χ3n) is 4.85. The lowest BCUT2D eigenvalue weighted by Gasteiger charge is -2.33. The summed E-state index contributed by atoms with van der Waals surface area (Å²) in [5, 5.41) is 19.2. The first kappa shape index (κ1) is 20.8. The maximum absolute atomic E-state index is 11.1. The summed E-state index contributed by atoms with van der Waals surface area (Å²) in [6.07, 6.45) is 16.0. The fraction of sp³-hybridized carbons (Fsp3) is 0.789. The molecule has 0 aromatic carbocycles. The highest BCUT2D eigenvalue weighted by Gasteiger charge is 2.41. The number of quaternary nitrogens is 1. The van der Waals surface area contributed by atoms with Gasteiger partial charge in [-0.1, -0.05) is 64.7 Å². The Morgan fingerprint density at radius 3 is 2.12 bits per heavy atom. The van der Waals surface area contributed by atoms with Crippen molar-refractivity contribution in [3.8, 4) is 0 Å². The molecule has 5 heteroatoms. The summed E-state index contributed by atoms with van der Waals surface area (Å²) in [5.74, 6) is -0.148. The Morgan fingerprint density at radius 1 is 1.08 bits per heavy atom. The van der Waals surface area contributed by atoms with Gasteiger partial charge in [-0.2, -0.15) is 0 Å². The van der Waals surface area contributed by atoms with Crippen LogP contribution in [-0.2, 0) is 4.79 Å². The number of carboxylic acids is 1. The predicted octanol–water partition coefficient (Wildman–Crippen LogP) is 4.42. The van der Waals surface area contributed by atoms with Crippen LogP contribution in [0.2, 0.25) is 0 Å². The molecule has 0 aromatic rings. The number of unbranched alkanes of at least 4 members (excludes halogenated alkanes) is 9. The standard InChI is InChI=1S/C19H34N2O3/c1-3-4-5-6-7-8-9-10-11-12-13-18-20-14-15-21(18,17(2)22)16-19(23)24/h14-15,17,22H,3-13,16H2,1-2H3/p+1. The minimum atomic E-state index is -0.918. The maximum atomic E-state index is 11.1. The summed E-state index contributed by atoms with van der Waals surface area (Å²) in [7, 11) is 0. The van der Waals surface area contributed by atoms with Crippen molar-refractivity contribution in [2.45, 2.75) is 90.7 Å². The Bertz CT molecular complexity index is 432. The van der Waals surface area contributed by atoms with Crippen molar-refractivity contribution in [1.82, 2.24) is 0 Å². The molecule has 1 aliphatic rings. The van der Waals surface area contributed by atoms with E-state index in [9.17, 15) is 9.90 Å². The Kier molecular flexibility index (Phi) is 9.88. The number of aliphatic carboxylic acids is 1. The number of hydrogen-bond donors (Lipinski definition) is 2. The van der Waals surface area contributed by atoms with Gasteiger partial charge in [0.2, 0.25) is 5.84 Å². The van der Waals surface area contributed by atoms with E-state index in [4.69, 9.17) is 5.11 Å². The van der Waals surface area contributed by atoms with Crippen molar-refractivity contribution in [3.05, 3.63) is 12.4 Å². The predicted molar refractivity (Wildman–Crippen MR) is 97.5 cm³/mol. The van der Waals surface area contributed by atoms with E-state index >= 15 is 0 Å². The zero-order valence-electron chi connectivity index (χ0n) is 15.4. The van der Waals surface area contributed by atoms with Crippen LogP contribution in [0.3, 0.4) is 0 Å². The molecular formula is C19H35N2O3+. The van der Waals surface area contributed by atoms with E-state index < -0.39 is 12.2 Å². The molecule has 1 heterocycles. The van der Waals surface area contributed by atoms with Crippen LogP contribution in [0.15, 0.2) is 17.4 Å². The summed E-state index contributed by atoms with van der Waals surface area (Å²) in [6.45, 7) is 3.73. The molecule has 0 bridgehead atoms. The highest BCUT2D eigenvalue weighted by atomic mass is 16.4. The highest BCUT2D eigenvalue weighted by Crippen LogP contribution is 2.24. The quantitative estimate of drug-likeness (QED) is 0.363. The second kappa shape index (κ2) is 11.4. The number of aliphatic hydroxyl groups is 1. The van der Waals surface area contributed by atoms with E-state index in [0.717, 1.165) is 25.1 Å². The molecule has 0 aromatic heterocycles. The van der Waals surface area contributed by atoms with Gasteiger partial charge in [0, 0.05) is 13.3 Å². The Balaban J connectivity index is 2.21. The summed E-state index contributed by atoms with van der Waals surface area (Å²) in [4.78, 5) is 15.5. The Morgan fingerprint density at radius 2 is 1.62 bits per heavy atom. The summed E-state index contributed by atoms with van der Waals surface area (Å²) >= 11 is 0. The second-order valence-electron chi connectivity index (χ2n) is 6.89. The highest BCUT2D eigenvalue weighted by molar-refractivity contribution is 5.81. The van der Waals surface area contributed by atoms with E-state index in [2.05, 4.69) is 11.9 Å². The van der Waals surface area contributed by atoms with Crippen molar-refractivity contribution >= 4 is 11.8 Å². The smallest absolute Gasteiger partial charge is 0.360 e. The van der Waals surface area contributed by atoms with Gasteiger partial charge >= 0.3 is 5.97 Å². The number of carbonyl (C=O) groups is 1. The molecule has 0 aliphatic carbocycles. The lowest BCUT2D eigenvalue weighted by molar-refractivity contribution is -0.832. The van der Waals surface area contributed by atoms with E-state index in [0.29, 0.717) is 0 Å². The molecule has 1 aliphatic heterocycles. The molecular weight excluding hydrogens is 304 g/mol. The van der Waals surface area contributed by atoms with Crippen LogP contribution < -0.4 is 0 Å². The van der Waals surface area contributed by atoms with Gasteiger partial charge in [-0.3, -0.25) is 0 Å². The van der Waals surface area contributed by atoms with Gasteiger partial charge in [0.05, 0.1) is 6.20 Å². The van der Waals surface area contributed by atoms with Crippen LogP contribution in [0.1, 0.15) is 84.5 Å². The lowest BCUT2D eigenvalue weighted by Crippen LogP contribution is -2.55. The number of nitrogens with zero attached hydrogens (tertiary/aromatic N) is 2. The zero-order valence-corrected chi connectivity index (χ0v) is 15.4. The molecule has 138 valence electrons. The number of aliphatic hydroxyl groups excluding tert-OH is 1. The van der Waals surface area contributed by atoms with E-state index in [1.807, 2.05) is 0 Å². The van der Waals surface area contributed by atoms with Crippen molar-refractivity contribution in [2.75, 3.05) is 6.54 Å². The first-order valence-electron chi connectivity index (χ1n) is 9.55. The molecule has 0 saturated carbocycles. The normalized spacial score (nSPS) is 21.0. The van der Waals surface area contributed by atoms with Gasteiger partial charge in [0.1, 0.15) is 6.20 Å². The van der Waals surface area contributed by atoms with Crippen molar-refractivity contribution in [3.63, 3.8) is 0 Å². The van der Waals surface area contributed by atoms with Crippen molar-refractivity contribution in [1.29, 1.82) is 0 Å². The van der Waals surface area contributed by atoms with Crippen molar-refractivity contribution in [2.24, 2.45) is 4.99 Å². The Labute approximate surface area is 146 Å². The molecule has 0 spiro atoms. The molecule has 0 amide bonds. The lowest BCUT2D eigenvalue weighted by atomic mass is 10.1. The molecule has 0 saturated heterocycles. The number of carboxylic acid groups (broad SMARTS) is 1. The van der Waals surface area contributed by atoms with Gasteiger partial charge < -0.3 is 10.2 Å². The molecule has 2 unspecified atom stereocenters. The number of hydrogen-bond acceptors (Lipinski definition) is 3. The number of aliphatic imine (C=N–C) groups is 1. The fourth-order valence-corrected chi connectivity index (χ4v) is 3.32. The second-order valence-corrected chi connectivity index (χ2v) is 6.89. The molecule has 1 rings (SSSR count).